The molecule has 2 atom stereocenters. The summed E-state index contributed by atoms with van der Waals surface area (Å²) < 4.78 is 6.18. The van der Waals surface area contributed by atoms with Crippen LogP contribution in [0.25, 0.3) is 0 Å². The number of hydrogen-bond donors (Lipinski definition) is 2. The van der Waals surface area contributed by atoms with Crippen molar-refractivity contribution in [3.8, 4) is 5.75 Å². The summed E-state index contributed by atoms with van der Waals surface area (Å²) in [7, 11) is 0. The lowest BCUT2D eigenvalue weighted by molar-refractivity contribution is -0.121. The van der Waals surface area contributed by atoms with Crippen molar-refractivity contribution >= 4 is 17.5 Å². The number of amides is 1. The number of ether oxygens (including phenoxy) is 1. The average Bonchev–Trinajstić information content (AvgIpc) is 2.87. The molecule has 2 N–H and O–H groups in total. The topological polar surface area (TPSA) is 58.6 Å². The molecule has 0 heterocycles. The van der Waals surface area contributed by atoms with E-state index in [0.717, 1.165) is 22.4 Å². The van der Waals surface area contributed by atoms with E-state index in [-0.39, 0.29) is 18.3 Å². The summed E-state index contributed by atoms with van der Waals surface area (Å²) in [6.45, 7) is 2.05. The van der Waals surface area contributed by atoms with Gasteiger partial charge in [-0.1, -0.05) is 42.5 Å². The molecule has 126 valence electrons. The monoisotopic (exact) mass is 345 g/mol. The van der Waals surface area contributed by atoms with E-state index in [1.165, 1.54) is 0 Å². The molecule has 1 aliphatic rings. The van der Waals surface area contributed by atoms with Crippen LogP contribution in [0.5, 0.6) is 5.75 Å². The fourth-order valence-electron chi connectivity index (χ4n) is 3.11. The second kappa shape index (κ2) is 6.83. The van der Waals surface area contributed by atoms with Crippen LogP contribution in [0.2, 0.25) is 0 Å². The van der Waals surface area contributed by atoms with Gasteiger partial charge < -0.3 is 15.2 Å². The SMILES string of the molecule is Cc1ccccc1O[C@H]1c2ccccc2C[C@@]1(O)CNC(=O)CCl. The number of fused-ring (bicyclic) bond motifs is 1. The maximum absolute atomic E-state index is 11.5. The molecule has 3 rings (SSSR count). The van der Waals surface area contributed by atoms with E-state index < -0.39 is 11.7 Å². The predicted octanol–water partition coefficient (Wildman–Crippen LogP) is 2.76. The van der Waals surface area contributed by atoms with Crippen molar-refractivity contribution in [2.75, 3.05) is 12.4 Å². The third-order valence-electron chi connectivity index (χ3n) is 4.37. The van der Waals surface area contributed by atoms with Crippen LogP contribution in [-0.4, -0.2) is 29.0 Å². The van der Waals surface area contributed by atoms with Gasteiger partial charge in [0, 0.05) is 6.42 Å². The van der Waals surface area contributed by atoms with Crippen LogP contribution in [0.15, 0.2) is 48.5 Å². The molecule has 0 bridgehead atoms. The number of aryl methyl sites for hydroxylation is 1. The maximum atomic E-state index is 11.5. The Balaban J connectivity index is 1.91. The number of benzene rings is 2. The molecular formula is C19H20ClNO3. The van der Waals surface area contributed by atoms with Crippen molar-refractivity contribution < 1.29 is 14.6 Å². The maximum Gasteiger partial charge on any atom is 0.235 e. The van der Waals surface area contributed by atoms with Gasteiger partial charge in [-0.05, 0) is 29.7 Å². The van der Waals surface area contributed by atoms with E-state index in [1.807, 2.05) is 55.5 Å². The van der Waals surface area contributed by atoms with Crippen molar-refractivity contribution in [3.05, 3.63) is 65.2 Å². The van der Waals surface area contributed by atoms with Gasteiger partial charge in [0.05, 0.1) is 6.54 Å². The summed E-state index contributed by atoms with van der Waals surface area (Å²) in [6, 6.07) is 15.5. The van der Waals surface area contributed by atoms with Gasteiger partial charge in [0.1, 0.15) is 17.2 Å². The van der Waals surface area contributed by atoms with E-state index >= 15 is 0 Å². The first-order valence-electron chi connectivity index (χ1n) is 7.88. The molecule has 1 amide bonds. The standard InChI is InChI=1S/C19H20ClNO3/c1-13-6-2-5-9-16(13)24-18-15-8-4-3-7-14(15)10-19(18,23)12-21-17(22)11-20/h2-9,18,23H,10-12H2,1H3,(H,21,22)/t18-,19+/m0/s1. The average molecular weight is 346 g/mol. The molecule has 0 radical (unpaired) electrons. The molecule has 24 heavy (non-hydrogen) atoms. The first-order valence-corrected chi connectivity index (χ1v) is 8.42. The van der Waals surface area contributed by atoms with Gasteiger partial charge in [-0.15, -0.1) is 11.6 Å². The number of alkyl halides is 1. The number of hydrogen-bond acceptors (Lipinski definition) is 3. The number of carbonyl (C=O) groups is 1. The van der Waals surface area contributed by atoms with Crippen molar-refractivity contribution in [2.24, 2.45) is 0 Å². The van der Waals surface area contributed by atoms with Crippen LogP contribution >= 0.6 is 11.6 Å². The number of carbonyl (C=O) groups excluding carboxylic acids is 1. The molecule has 0 unspecified atom stereocenters. The zero-order chi connectivity index (χ0) is 17.2. The van der Waals surface area contributed by atoms with Gasteiger partial charge in [-0.2, -0.15) is 0 Å². The zero-order valence-electron chi connectivity index (χ0n) is 13.5. The highest BCUT2D eigenvalue weighted by molar-refractivity contribution is 6.27. The molecule has 0 saturated carbocycles. The Morgan fingerprint density at radius 2 is 2.00 bits per heavy atom. The number of rotatable bonds is 5. The minimum atomic E-state index is -1.21. The predicted molar refractivity (Wildman–Crippen MR) is 93.4 cm³/mol. The summed E-state index contributed by atoms with van der Waals surface area (Å²) in [5, 5.41) is 13.9. The summed E-state index contributed by atoms with van der Waals surface area (Å²) in [5.41, 5.74) is 1.75. The molecular weight excluding hydrogens is 326 g/mol. The molecule has 0 aromatic heterocycles. The largest absolute Gasteiger partial charge is 0.482 e. The van der Waals surface area contributed by atoms with Gasteiger partial charge >= 0.3 is 0 Å². The lowest BCUT2D eigenvalue weighted by Crippen LogP contribution is -2.48. The van der Waals surface area contributed by atoms with E-state index in [4.69, 9.17) is 16.3 Å². The van der Waals surface area contributed by atoms with Crippen LogP contribution in [0, 0.1) is 6.92 Å². The number of nitrogens with one attached hydrogen (secondary N) is 1. The summed E-state index contributed by atoms with van der Waals surface area (Å²) in [4.78, 5) is 11.5. The van der Waals surface area contributed by atoms with Crippen molar-refractivity contribution in [2.45, 2.75) is 25.0 Å². The zero-order valence-corrected chi connectivity index (χ0v) is 14.2. The third-order valence-corrected chi connectivity index (χ3v) is 4.62. The summed E-state index contributed by atoms with van der Waals surface area (Å²) in [6.07, 6.45) is -0.132. The van der Waals surface area contributed by atoms with Gasteiger partial charge in [-0.25, -0.2) is 0 Å². The molecule has 2 aromatic rings. The van der Waals surface area contributed by atoms with Crippen molar-refractivity contribution in [1.29, 1.82) is 0 Å². The van der Waals surface area contributed by atoms with Gasteiger partial charge in [0.25, 0.3) is 0 Å². The Morgan fingerprint density at radius 1 is 1.29 bits per heavy atom. The fourth-order valence-corrected chi connectivity index (χ4v) is 3.20. The summed E-state index contributed by atoms with van der Waals surface area (Å²) in [5.74, 6) is 0.281. The second-order valence-corrected chi connectivity index (χ2v) is 6.42. The van der Waals surface area contributed by atoms with Crippen LogP contribution in [0.4, 0.5) is 0 Å². The number of aliphatic hydroxyl groups is 1. The van der Waals surface area contributed by atoms with Crippen LogP contribution in [0.3, 0.4) is 0 Å². The summed E-state index contributed by atoms with van der Waals surface area (Å²) >= 11 is 5.53. The molecule has 0 aliphatic heterocycles. The highest BCUT2D eigenvalue weighted by Crippen LogP contribution is 2.42. The minimum Gasteiger partial charge on any atom is -0.482 e. The van der Waals surface area contributed by atoms with Crippen LogP contribution in [-0.2, 0) is 11.2 Å². The van der Waals surface area contributed by atoms with E-state index in [9.17, 15) is 9.90 Å². The molecule has 0 spiro atoms. The van der Waals surface area contributed by atoms with E-state index in [1.54, 1.807) is 0 Å². The smallest absolute Gasteiger partial charge is 0.235 e. The second-order valence-electron chi connectivity index (χ2n) is 6.15. The van der Waals surface area contributed by atoms with Gasteiger partial charge in [0.2, 0.25) is 5.91 Å². The molecule has 1 aliphatic carbocycles. The van der Waals surface area contributed by atoms with Crippen molar-refractivity contribution in [1.82, 2.24) is 5.32 Å². The first kappa shape index (κ1) is 16.8. The van der Waals surface area contributed by atoms with E-state index in [2.05, 4.69) is 5.32 Å². The van der Waals surface area contributed by atoms with Crippen molar-refractivity contribution in [3.63, 3.8) is 0 Å². The highest BCUT2D eigenvalue weighted by Gasteiger charge is 2.46. The quantitative estimate of drug-likeness (QED) is 0.819. The fraction of sp³-hybridized carbons (Fsp3) is 0.316. The van der Waals surface area contributed by atoms with Crippen LogP contribution in [0.1, 0.15) is 22.8 Å². The number of halogens is 1. The highest BCUT2D eigenvalue weighted by atomic mass is 35.5. The molecule has 4 nitrogen and oxygen atoms in total. The first-order chi connectivity index (χ1) is 11.5. The Labute approximate surface area is 146 Å². The Morgan fingerprint density at radius 3 is 2.75 bits per heavy atom. The Kier molecular flexibility index (Phi) is 4.78. The minimum absolute atomic E-state index is 0.0871. The lowest BCUT2D eigenvalue weighted by atomic mass is 9.97. The molecule has 5 heteroatoms. The molecule has 0 fully saturated rings. The Hall–Kier alpha value is -2.04. The number of para-hydroxylation sites is 1. The molecule has 2 aromatic carbocycles. The lowest BCUT2D eigenvalue weighted by Gasteiger charge is -2.31. The third kappa shape index (κ3) is 3.25. The van der Waals surface area contributed by atoms with Crippen LogP contribution < -0.4 is 10.1 Å². The van der Waals surface area contributed by atoms with Gasteiger partial charge in [-0.3, -0.25) is 4.79 Å². The Bertz CT molecular complexity index is 749. The van der Waals surface area contributed by atoms with Gasteiger partial charge in [0.15, 0.2) is 6.10 Å². The molecule has 0 saturated heterocycles. The normalized spacial score (nSPS) is 22.0. The van der Waals surface area contributed by atoms with E-state index in [0.29, 0.717) is 6.42 Å².